The van der Waals surface area contributed by atoms with Gasteiger partial charge in [0.25, 0.3) is 5.56 Å². The molecule has 0 amide bonds. The van der Waals surface area contributed by atoms with Gasteiger partial charge in [-0.05, 0) is 30.3 Å². The molecule has 1 fully saturated rings. The molecule has 0 bridgehead atoms. The van der Waals surface area contributed by atoms with Gasteiger partial charge in [-0.3, -0.25) is 19.2 Å². The normalized spacial score (nSPS) is 16.4. The molecular weight excluding hydrogens is 421 g/mol. The van der Waals surface area contributed by atoms with Gasteiger partial charge in [0.1, 0.15) is 6.10 Å². The number of ether oxygens (including phenoxy) is 1. The van der Waals surface area contributed by atoms with Crippen molar-refractivity contribution in [1.82, 2.24) is 19.4 Å². The summed E-state index contributed by atoms with van der Waals surface area (Å²) in [6, 6.07) is 11.4. The second-order valence-electron chi connectivity index (χ2n) is 8.20. The summed E-state index contributed by atoms with van der Waals surface area (Å²) < 4.78 is 21.8. The number of anilines is 1. The van der Waals surface area contributed by atoms with Crippen molar-refractivity contribution in [3.63, 3.8) is 0 Å². The standard InChI is InChI=1S/C25H30FN5O2/c1-4-30(5-2)16-18-6-8-19(9-7-18)23-17-31(12-13-33-23)25-28-22(14-24(32)29(25)3)20-10-11-27-15-21(20)26/h6-11,14-15,23H,4-5,12-13,16-17H2,1-3H3. The van der Waals surface area contributed by atoms with Crippen LogP contribution in [0.5, 0.6) is 0 Å². The van der Waals surface area contributed by atoms with E-state index in [4.69, 9.17) is 4.74 Å². The van der Waals surface area contributed by atoms with E-state index in [1.807, 2.05) is 4.90 Å². The van der Waals surface area contributed by atoms with Gasteiger partial charge in [0.05, 0.1) is 25.0 Å². The smallest absolute Gasteiger partial charge is 0.255 e. The zero-order valence-corrected chi connectivity index (χ0v) is 19.4. The molecule has 1 atom stereocenters. The number of rotatable bonds is 7. The maximum Gasteiger partial charge on any atom is 0.255 e. The number of pyridine rings is 1. The fourth-order valence-corrected chi connectivity index (χ4v) is 4.11. The molecule has 174 valence electrons. The van der Waals surface area contributed by atoms with E-state index in [1.54, 1.807) is 7.05 Å². The Hall–Kier alpha value is -3.10. The molecule has 0 radical (unpaired) electrons. The lowest BCUT2D eigenvalue weighted by atomic mass is 10.1. The second kappa shape index (κ2) is 10.2. The van der Waals surface area contributed by atoms with E-state index in [0.717, 1.165) is 31.4 Å². The van der Waals surface area contributed by atoms with Gasteiger partial charge in [-0.1, -0.05) is 38.1 Å². The summed E-state index contributed by atoms with van der Waals surface area (Å²) in [7, 11) is 1.68. The van der Waals surface area contributed by atoms with Crippen LogP contribution >= 0.6 is 0 Å². The van der Waals surface area contributed by atoms with Crippen molar-refractivity contribution in [3.05, 3.63) is 76.1 Å². The summed E-state index contributed by atoms with van der Waals surface area (Å²) in [5, 5.41) is 0. The Balaban J connectivity index is 1.56. The van der Waals surface area contributed by atoms with Crippen molar-refractivity contribution in [2.24, 2.45) is 7.05 Å². The Labute approximate surface area is 193 Å². The first-order valence-corrected chi connectivity index (χ1v) is 11.4. The molecule has 7 nitrogen and oxygen atoms in total. The van der Waals surface area contributed by atoms with E-state index >= 15 is 0 Å². The highest BCUT2D eigenvalue weighted by Crippen LogP contribution is 2.27. The van der Waals surface area contributed by atoms with Crippen LogP contribution in [0.3, 0.4) is 0 Å². The molecule has 1 saturated heterocycles. The van der Waals surface area contributed by atoms with E-state index in [9.17, 15) is 9.18 Å². The Morgan fingerprint density at radius 2 is 1.94 bits per heavy atom. The van der Waals surface area contributed by atoms with Gasteiger partial charge in [0.15, 0.2) is 5.82 Å². The highest BCUT2D eigenvalue weighted by atomic mass is 19.1. The van der Waals surface area contributed by atoms with Gasteiger partial charge in [-0.2, -0.15) is 0 Å². The van der Waals surface area contributed by atoms with Crippen LogP contribution in [0.2, 0.25) is 0 Å². The molecule has 4 rings (SSSR count). The summed E-state index contributed by atoms with van der Waals surface area (Å²) >= 11 is 0. The van der Waals surface area contributed by atoms with Crippen LogP contribution in [0.15, 0.2) is 53.6 Å². The first-order chi connectivity index (χ1) is 16.0. The average Bonchev–Trinajstić information content (AvgIpc) is 2.85. The number of halogens is 1. The summed E-state index contributed by atoms with van der Waals surface area (Å²) in [4.78, 5) is 25.5. The Morgan fingerprint density at radius 1 is 1.18 bits per heavy atom. The van der Waals surface area contributed by atoms with Crippen LogP contribution < -0.4 is 10.5 Å². The monoisotopic (exact) mass is 451 g/mol. The third-order valence-corrected chi connectivity index (χ3v) is 6.16. The Kier molecular flexibility index (Phi) is 7.15. The van der Waals surface area contributed by atoms with Crippen molar-refractivity contribution in [1.29, 1.82) is 0 Å². The predicted octanol–water partition coefficient (Wildman–Crippen LogP) is 3.40. The van der Waals surface area contributed by atoms with E-state index in [1.165, 1.54) is 28.5 Å². The summed E-state index contributed by atoms with van der Waals surface area (Å²) in [5.41, 5.74) is 2.68. The number of benzene rings is 1. The van der Waals surface area contributed by atoms with Gasteiger partial charge < -0.3 is 9.64 Å². The molecular formula is C25H30FN5O2. The summed E-state index contributed by atoms with van der Waals surface area (Å²) in [6.45, 7) is 8.96. The number of morpholine rings is 1. The van der Waals surface area contributed by atoms with Crippen molar-refractivity contribution >= 4 is 5.95 Å². The molecule has 0 N–H and O–H groups in total. The molecule has 0 aliphatic carbocycles. The SMILES string of the molecule is CCN(CC)Cc1ccc(C2CN(c3nc(-c4ccncc4F)cc(=O)n3C)CCO2)cc1. The lowest BCUT2D eigenvalue weighted by Gasteiger charge is -2.34. The van der Waals surface area contributed by atoms with Crippen LogP contribution in [0.1, 0.15) is 31.1 Å². The highest BCUT2D eigenvalue weighted by molar-refractivity contribution is 5.60. The minimum atomic E-state index is -0.506. The molecule has 8 heteroatoms. The topological polar surface area (TPSA) is 63.5 Å². The lowest BCUT2D eigenvalue weighted by molar-refractivity contribution is 0.0389. The van der Waals surface area contributed by atoms with E-state index in [-0.39, 0.29) is 17.2 Å². The van der Waals surface area contributed by atoms with Crippen LogP contribution in [0, 0.1) is 5.82 Å². The maximum absolute atomic E-state index is 14.3. The van der Waals surface area contributed by atoms with Crippen molar-refractivity contribution < 1.29 is 9.13 Å². The minimum Gasteiger partial charge on any atom is -0.370 e. The molecule has 1 aliphatic rings. The largest absolute Gasteiger partial charge is 0.370 e. The maximum atomic E-state index is 14.3. The van der Waals surface area contributed by atoms with Gasteiger partial charge in [-0.25, -0.2) is 9.37 Å². The fraction of sp³-hybridized carbons (Fsp3) is 0.400. The highest BCUT2D eigenvalue weighted by Gasteiger charge is 2.25. The number of aromatic nitrogens is 3. The summed E-state index contributed by atoms with van der Waals surface area (Å²) in [6.07, 6.45) is 2.48. The van der Waals surface area contributed by atoms with Crippen LogP contribution in [0.4, 0.5) is 10.3 Å². The van der Waals surface area contributed by atoms with Crippen molar-refractivity contribution in [2.45, 2.75) is 26.5 Å². The average molecular weight is 452 g/mol. The van der Waals surface area contributed by atoms with Gasteiger partial charge in [0, 0.05) is 38.0 Å². The van der Waals surface area contributed by atoms with Crippen LogP contribution in [-0.4, -0.2) is 52.2 Å². The minimum absolute atomic E-state index is 0.139. The quantitative estimate of drug-likeness (QED) is 0.549. The molecule has 0 saturated carbocycles. The van der Waals surface area contributed by atoms with E-state index < -0.39 is 5.82 Å². The van der Waals surface area contributed by atoms with Gasteiger partial charge in [-0.15, -0.1) is 0 Å². The van der Waals surface area contributed by atoms with E-state index in [2.05, 4.69) is 53.0 Å². The molecule has 3 aromatic rings. The first-order valence-electron chi connectivity index (χ1n) is 11.4. The van der Waals surface area contributed by atoms with Crippen LogP contribution in [0.25, 0.3) is 11.3 Å². The predicted molar refractivity (Wildman–Crippen MR) is 127 cm³/mol. The zero-order valence-electron chi connectivity index (χ0n) is 19.4. The zero-order chi connectivity index (χ0) is 23.4. The number of hydrogen-bond acceptors (Lipinski definition) is 6. The van der Waals surface area contributed by atoms with Crippen LogP contribution in [-0.2, 0) is 18.3 Å². The summed E-state index contributed by atoms with van der Waals surface area (Å²) in [5.74, 6) is -0.00553. The van der Waals surface area contributed by atoms with Gasteiger partial charge in [0.2, 0.25) is 5.95 Å². The fourth-order valence-electron chi connectivity index (χ4n) is 4.11. The van der Waals surface area contributed by atoms with Gasteiger partial charge >= 0.3 is 0 Å². The molecule has 1 aliphatic heterocycles. The number of hydrogen-bond donors (Lipinski definition) is 0. The third-order valence-electron chi connectivity index (χ3n) is 6.16. The molecule has 33 heavy (non-hydrogen) atoms. The van der Waals surface area contributed by atoms with Crippen molar-refractivity contribution in [3.8, 4) is 11.3 Å². The molecule has 2 aromatic heterocycles. The van der Waals surface area contributed by atoms with E-state index in [0.29, 0.717) is 31.3 Å². The Morgan fingerprint density at radius 3 is 2.64 bits per heavy atom. The lowest BCUT2D eigenvalue weighted by Crippen LogP contribution is -2.41. The number of nitrogens with zero attached hydrogens (tertiary/aromatic N) is 5. The van der Waals surface area contributed by atoms with Crippen molar-refractivity contribution in [2.75, 3.05) is 37.7 Å². The molecule has 1 unspecified atom stereocenters. The third kappa shape index (κ3) is 5.12. The first kappa shape index (κ1) is 23.1. The molecule has 3 heterocycles. The Bertz CT molecular complexity index is 1140. The second-order valence-corrected chi connectivity index (χ2v) is 8.20. The molecule has 0 spiro atoms. The molecule has 1 aromatic carbocycles.